The molecule has 3 rings (SSSR count). The van der Waals surface area contributed by atoms with E-state index in [1.807, 2.05) is 26.0 Å². The Labute approximate surface area is 169 Å². The molecule has 146 valence electrons. The van der Waals surface area contributed by atoms with E-state index in [1.165, 1.54) is 0 Å². The Morgan fingerprint density at radius 1 is 1.21 bits per heavy atom. The average molecular weight is 399 g/mol. The van der Waals surface area contributed by atoms with Gasteiger partial charge in [-0.15, -0.1) is 0 Å². The van der Waals surface area contributed by atoms with E-state index < -0.39 is 11.9 Å². The van der Waals surface area contributed by atoms with Crippen LogP contribution >= 0.6 is 11.6 Å². The monoisotopic (exact) mass is 398 g/mol. The molecule has 0 bridgehead atoms. The zero-order valence-electron chi connectivity index (χ0n) is 16.4. The molecule has 0 spiro atoms. The van der Waals surface area contributed by atoms with E-state index in [-0.39, 0.29) is 11.6 Å². The zero-order valence-corrected chi connectivity index (χ0v) is 17.1. The van der Waals surface area contributed by atoms with E-state index in [9.17, 15) is 9.59 Å². The maximum atomic E-state index is 12.8. The predicted octanol–water partition coefficient (Wildman–Crippen LogP) is 5.27. The molecule has 1 N–H and O–H groups in total. The number of rotatable bonds is 5. The molecule has 0 aromatic heterocycles. The molecule has 1 heterocycles. The van der Waals surface area contributed by atoms with Gasteiger partial charge in [-0.3, -0.25) is 4.79 Å². The maximum Gasteiger partial charge on any atom is 0.333 e. The maximum absolute atomic E-state index is 12.8. The highest BCUT2D eigenvalue weighted by molar-refractivity contribution is 6.32. The van der Waals surface area contributed by atoms with Crippen molar-refractivity contribution in [3.63, 3.8) is 0 Å². The van der Waals surface area contributed by atoms with Crippen molar-refractivity contribution >= 4 is 35.3 Å². The van der Waals surface area contributed by atoms with Crippen molar-refractivity contribution in [2.45, 2.75) is 33.6 Å². The van der Waals surface area contributed by atoms with Gasteiger partial charge < -0.3 is 10.1 Å². The SMILES string of the molecule is CCOc1cc(C)c(C=C2NC(=O)N(c3cccc(Cl)c3)C2=O)cc1C(C)C. The lowest BCUT2D eigenvalue weighted by molar-refractivity contribution is -0.113. The van der Waals surface area contributed by atoms with Gasteiger partial charge in [0.1, 0.15) is 11.4 Å². The van der Waals surface area contributed by atoms with E-state index in [0.29, 0.717) is 17.3 Å². The summed E-state index contributed by atoms with van der Waals surface area (Å²) in [5, 5.41) is 3.12. The number of halogens is 1. The number of aryl methyl sites for hydroxylation is 1. The highest BCUT2D eigenvalue weighted by atomic mass is 35.5. The molecule has 0 unspecified atom stereocenters. The molecule has 1 aliphatic heterocycles. The standard InChI is InChI=1S/C22H23ClN2O3/c1-5-28-20-9-14(4)15(10-18(20)13(2)3)11-19-21(26)25(22(27)24-19)17-8-6-7-16(23)12-17/h6-13H,5H2,1-4H3,(H,24,27). The molecule has 1 saturated heterocycles. The quantitative estimate of drug-likeness (QED) is 0.551. The van der Waals surface area contributed by atoms with Gasteiger partial charge in [0, 0.05) is 5.02 Å². The van der Waals surface area contributed by atoms with Crippen LogP contribution in [-0.4, -0.2) is 18.5 Å². The summed E-state index contributed by atoms with van der Waals surface area (Å²) in [4.78, 5) is 26.3. The normalized spacial score (nSPS) is 15.5. The van der Waals surface area contributed by atoms with Crippen LogP contribution in [0.4, 0.5) is 10.5 Å². The largest absolute Gasteiger partial charge is 0.494 e. The lowest BCUT2D eigenvalue weighted by Gasteiger charge is -2.16. The van der Waals surface area contributed by atoms with Crippen LogP contribution < -0.4 is 15.0 Å². The second kappa shape index (κ2) is 8.07. The Balaban J connectivity index is 1.99. The zero-order chi connectivity index (χ0) is 20.4. The van der Waals surface area contributed by atoms with Gasteiger partial charge >= 0.3 is 6.03 Å². The fourth-order valence-corrected chi connectivity index (χ4v) is 3.33. The highest BCUT2D eigenvalue weighted by Gasteiger charge is 2.35. The van der Waals surface area contributed by atoms with E-state index in [0.717, 1.165) is 27.3 Å². The Bertz CT molecular complexity index is 966. The summed E-state index contributed by atoms with van der Waals surface area (Å²) in [6, 6.07) is 10.1. The minimum atomic E-state index is -0.494. The van der Waals surface area contributed by atoms with Gasteiger partial charge in [-0.2, -0.15) is 0 Å². The first-order valence-corrected chi connectivity index (χ1v) is 9.59. The fraction of sp³-hybridized carbons (Fsp3) is 0.273. The molecule has 1 fully saturated rings. The lowest BCUT2D eigenvalue weighted by atomic mass is 9.96. The number of imide groups is 1. The molecule has 1 aliphatic rings. The summed E-state index contributed by atoms with van der Waals surface area (Å²) < 4.78 is 5.75. The Hall–Kier alpha value is -2.79. The molecule has 0 radical (unpaired) electrons. The van der Waals surface area contributed by atoms with Gasteiger partial charge in [0.2, 0.25) is 0 Å². The first-order chi connectivity index (χ1) is 13.3. The van der Waals surface area contributed by atoms with Crippen LogP contribution in [0.5, 0.6) is 5.75 Å². The van der Waals surface area contributed by atoms with Crippen LogP contribution in [-0.2, 0) is 4.79 Å². The molecule has 5 nitrogen and oxygen atoms in total. The number of amides is 3. The van der Waals surface area contributed by atoms with Gasteiger partial charge in [-0.05, 0) is 72.9 Å². The van der Waals surface area contributed by atoms with Crippen molar-refractivity contribution < 1.29 is 14.3 Å². The second-order valence-electron chi connectivity index (χ2n) is 6.94. The third-order valence-electron chi connectivity index (χ3n) is 4.56. The number of anilines is 1. The van der Waals surface area contributed by atoms with Gasteiger partial charge in [-0.25, -0.2) is 9.69 Å². The van der Waals surface area contributed by atoms with E-state index in [4.69, 9.17) is 16.3 Å². The number of ether oxygens (including phenoxy) is 1. The smallest absolute Gasteiger partial charge is 0.333 e. The summed E-state index contributed by atoms with van der Waals surface area (Å²) in [6.07, 6.45) is 1.71. The number of hydrogen-bond acceptors (Lipinski definition) is 3. The predicted molar refractivity (Wildman–Crippen MR) is 112 cm³/mol. The molecule has 0 atom stereocenters. The number of nitrogens with zero attached hydrogens (tertiary/aromatic N) is 1. The Kier molecular flexibility index (Phi) is 5.75. The van der Waals surface area contributed by atoms with Crippen molar-refractivity contribution in [3.8, 4) is 5.75 Å². The highest BCUT2D eigenvalue weighted by Crippen LogP contribution is 2.32. The van der Waals surface area contributed by atoms with Crippen LogP contribution in [0.1, 0.15) is 43.4 Å². The third-order valence-corrected chi connectivity index (χ3v) is 4.80. The summed E-state index contributed by atoms with van der Waals surface area (Å²) >= 11 is 6.00. The Morgan fingerprint density at radius 3 is 2.61 bits per heavy atom. The van der Waals surface area contributed by atoms with Gasteiger partial charge in [0.15, 0.2) is 0 Å². The van der Waals surface area contributed by atoms with E-state index in [2.05, 4.69) is 19.2 Å². The summed E-state index contributed by atoms with van der Waals surface area (Å²) in [7, 11) is 0. The minimum absolute atomic E-state index is 0.229. The summed E-state index contributed by atoms with van der Waals surface area (Å²) in [5.41, 5.74) is 3.55. The average Bonchev–Trinajstić information content (AvgIpc) is 2.90. The number of carbonyl (C=O) groups excluding carboxylic acids is 2. The van der Waals surface area contributed by atoms with Crippen molar-refractivity contribution in [1.29, 1.82) is 0 Å². The van der Waals surface area contributed by atoms with Crippen molar-refractivity contribution in [3.05, 3.63) is 63.8 Å². The van der Waals surface area contributed by atoms with E-state index in [1.54, 1.807) is 30.3 Å². The third kappa shape index (κ3) is 3.90. The van der Waals surface area contributed by atoms with Crippen LogP contribution in [0.25, 0.3) is 6.08 Å². The first kappa shape index (κ1) is 20.0. The van der Waals surface area contributed by atoms with Crippen LogP contribution in [0.3, 0.4) is 0 Å². The van der Waals surface area contributed by atoms with E-state index >= 15 is 0 Å². The summed E-state index contributed by atoms with van der Waals surface area (Å²) in [5.74, 6) is 0.697. The molecule has 28 heavy (non-hydrogen) atoms. The molecule has 2 aromatic rings. The molecule has 3 amide bonds. The molecule has 0 aliphatic carbocycles. The minimum Gasteiger partial charge on any atom is -0.494 e. The van der Waals surface area contributed by atoms with Crippen LogP contribution in [0, 0.1) is 6.92 Å². The van der Waals surface area contributed by atoms with Gasteiger partial charge in [-0.1, -0.05) is 31.5 Å². The topological polar surface area (TPSA) is 58.6 Å². The van der Waals surface area contributed by atoms with Gasteiger partial charge in [0.25, 0.3) is 5.91 Å². The number of benzene rings is 2. The second-order valence-corrected chi connectivity index (χ2v) is 7.38. The first-order valence-electron chi connectivity index (χ1n) is 9.21. The van der Waals surface area contributed by atoms with Gasteiger partial charge in [0.05, 0.1) is 12.3 Å². The fourth-order valence-electron chi connectivity index (χ4n) is 3.14. The molecular formula is C22H23ClN2O3. The molecule has 6 heteroatoms. The number of carbonyl (C=O) groups is 2. The van der Waals surface area contributed by atoms with Crippen LogP contribution in [0.15, 0.2) is 42.1 Å². The summed E-state index contributed by atoms with van der Waals surface area (Å²) in [6.45, 7) is 8.67. The number of nitrogens with one attached hydrogen (secondary N) is 1. The van der Waals surface area contributed by atoms with Crippen LogP contribution in [0.2, 0.25) is 5.02 Å². The molecule has 2 aromatic carbocycles. The Morgan fingerprint density at radius 2 is 1.96 bits per heavy atom. The lowest BCUT2D eigenvalue weighted by Crippen LogP contribution is -2.30. The van der Waals surface area contributed by atoms with Crippen molar-refractivity contribution in [1.82, 2.24) is 5.32 Å². The van der Waals surface area contributed by atoms with Crippen molar-refractivity contribution in [2.24, 2.45) is 0 Å². The number of urea groups is 1. The molecule has 0 saturated carbocycles. The number of hydrogen-bond donors (Lipinski definition) is 1. The van der Waals surface area contributed by atoms with Crippen molar-refractivity contribution in [2.75, 3.05) is 11.5 Å². The molecular weight excluding hydrogens is 376 g/mol.